The summed E-state index contributed by atoms with van der Waals surface area (Å²) in [7, 11) is 4.18. The van der Waals surface area contributed by atoms with Gasteiger partial charge in [0.05, 0.1) is 7.05 Å². The Kier molecular flexibility index (Phi) is 1.90. The van der Waals surface area contributed by atoms with Crippen LogP contribution in [0.3, 0.4) is 0 Å². The van der Waals surface area contributed by atoms with Gasteiger partial charge in [0.25, 0.3) is 0 Å². The molecular weight excluding hydrogens is 160 g/mol. The summed E-state index contributed by atoms with van der Waals surface area (Å²) in [6, 6.07) is 6.79. The maximum Gasteiger partial charge on any atom is 0.221 e. The second kappa shape index (κ2) is 2.82. The molecule has 2 heteroatoms. The number of hydrogen-bond donors (Lipinski definition) is 1. The van der Waals surface area contributed by atoms with Crippen LogP contribution in [0.15, 0.2) is 18.2 Å². The van der Waals surface area contributed by atoms with E-state index in [2.05, 4.69) is 37.6 Å². The van der Waals surface area contributed by atoms with Crippen LogP contribution in [0.4, 0.5) is 11.4 Å². The van der Waals surface area contributed by atoms with Crippen LogP contribution in [-0.2, 0) is 6.42 Å². The zero-order valence-electron chi connectivity index (χ0n) is 8.59. The molecule has 1 atom stereocenters. The molecule has 0 fully saturated rings. The van der Waals surface area contributed by atoms with E-state index >= 15 is 0 Å². The Morgan fingerprint density at radius 1 is 1.31 bits per heavy atom. The Hall–Kier alpha value is -0.860. The van der Waals surface area contributed by atoms with Gasteiger partial charge in [0, 0.05) is 19.2 Å². The normalized spacial score (nSPS) is 24.2. The summed E-state index contributed by atoms with van der Waals surface area (Å²) in [6.45, 7) is 2.22. The van der Waals surface area contributed by atoms with Gasteiger partial charge < -0.3 is 0 Å². The standard InChI is InChI=1S/C11H17N2/c1-4-5-9-6-7-10-11(8-9)13(10,3)12-2/h6-8,12H,4-5H2,1-3H3/q+1. The van der Waals surface area contributed by atoms with Gasteiger partial charge in [0.1, 0.15) is 0 Å². The van der Waals surface area contributed by atoms with Gasteiger partial charge >= 0.3 is 0 Å². The summed E-state index contributed by atoms with van der Waals surface area (Å²) in [6.07, 6.45) is 2.42. The highest BCUT2D eigenvalue weighted by Crippen LogP contribution is 2.52. The molecule has 1 aliphatic rings. The van der Waals surface area contributed by atoms with Crippen LogP contribution in [0.2, 0.25) is 0 Å². The molecule has 1 N–H and O–H groups in total. The largest absolute Gasteiger partial charge is 0.221 e. The molecule has 0 saturated heterocycles. The molecule has 70 valence electrons. The third-order valence-corrected chi connectivity index (χ3v) is 2.94. The van der Waals surface area contributed by atoms with E-state index in [-0.39, 0.29) is 0 Å². The first-order valence-electron chi connectivity index (χ1n) is 4.92. The molecule has 0 amide bonds. The van der Waals surface area contributed by atoms with Crippen molar-refractivity contribution in [3.05, 3.63) is 23.8 Å². The molecule has 0 aliphatic carbocycles. The highest BCUT2D eigenvalue weighted by atomic mass is 15.7. The SMILES string of the molecule is CCCc1ccc2c(c1)[N+]2(C)NC. The van der Waals surface area contributed by atoms with Crippen molar-refractivity contribution in [3.63, 3.8) is 0 Å². The molecule has 0 radical (unpaired) electrons. The minimum atomic E-state index is 0.823. The van der Waals surface area contributed by atoms with E-state index in [1.807, 2.05) is 7.05 Å². The zero-order valence-corrected chi connectivity index (χ0v) is 8.59. The quantitative estimate of drug-likeness (QED) is 0.552. The van der Waals surface area contributed by atoms with E-state index in [0.29, 0.717) is 0 Å². The van der Waals surface area contributed by atoms with Crippen LogP contribution in [0.5, 0.6) is 0 Å². The van der Waals surface area contributed by atoms with Crippen LogP contribution in [0.1, 0.15) is 18.9 Å². The number of nitrogens with zero attached hydrogens (tertiary/aromatic N) is 1. The number of nitrogens with one attached hydrogen (secondary N) is 1. The van der Waals surface area contributed by atoms with Crippen molar-refractivity contribution in [1.82, 2.24) is 10.0 Å². The zero-order chi connectivity index (χ0) is 9.47. The number of aryl methyl sites for hydroxylation is 1. The molecule has 0 saturated carbocycles. The lowest BCUT2D eigenvalue weighted by atomic mass is 10.1. The Labute approximate surface area is 79.7 Å². The first kappa shape index (κ1) is 8.73. The molecule has 0 bridgehead atoms. The first-order valence-corrected chi connectivity index (χ1v) is 4.92. The number of fused-ring (bicyclic) bond motifs is 1. The second-order valence-electron chi connectivity index (χ2n) is 3.80. The topological polar surface area (TPSA) is 12.0 Å². The number of benzene rings is 1. The van der Waals surface area contributed by atoms with E-state index in [1.54, 1.807) is 0 Å². The van der Waals surface area contributed by atoms with E-state index in [0.717, 1.165) is 4.59 Å². The molecule has 1 aromatic rings. The van der Waals surface area contributed by atoms with Crippen LogP contribution >= 0.6 is 0 Å². The smallest absolute Gasteiger partial charge is 0.175 e. The molecule has 2 rings (SSSR count). The molecule has 13 heavy (non-hydrogen) atoms. The maximum atomic E-state index is 3.29. The predicted octanol–water partition coefficient (Wildman–Crippen LogP) is 2.36. The van der Waals surface area contributed by atoms with Crippen molar-refractivity contribution in [2.75, 3.05) is 14.1 Å². The summed E-state index contributed by atoms with van der Waals surface area (Å²) in [5.41, 5.74) is 7.57. The summed E-state index contributed by atoms with van der Waals surface area (Å²) < 4.78 is 0.823. The Bertz CT molecular complexity index is 333. The molecule has 0 spiro atoms. The highest BCUT2D eigenvalue weighted by molar-refractivity contribution is 5.86. The van der Waals surface area contributed by atoms with Gasteiger partial charge in [-0.1, -0.05) is 19.4 Å². The molecule has 1 aliphatic heterocycles. The lowest BCUT2D eigenvalue weighted by Crippen LogP contribution is -2.37. The van der Waals surface area contributed by atoms with Crippen LogP contribution in [0, 0.1) is 0 Å². The number of hydrogen-bond acceptors (Lipinski definition) is 1. The molecular formula is C11H17N2+. The minimum absolute atomic E-state index is 0.823. The third kappa shape index (κ3) is 1.18. The summed E-state index contributed by atoms with van der Waals surface area (Å²) in [5.74, 6) is 0. The fourth-order valence-corrected chi connectivity index (χ4v) is 1.90. The van der Waals surface area contributed by atoms with Crippen molar-refractivity contribution in [2.45, 2.75) is 19.8 Å². The molecule has 2 nitrogen and oxygen atoms in total. The Morgan fingerprint density at radius 3 is 2.69 bits per heavy atom. The molecule has 1 heterocycles. The van der Waals surface area contributed by atoms with Crippen molar-refractivity contribution in [1.29, 1.82) is 0 Å². The number of rotatable bonds is 3. The fraction of sp³-hybridized carbons (Fsp3) is 0.455. The fourth-order valence-electron chi connectivity index (χ4n) is 1.90. The van der Waals surface area contributed by atoms with Gasteiger partial charge in [0.15, 0.2) is 0 Å². The van der Waals surface area contributed by atoms with Gasteiger partial charge in [-0.2, -0.15) is 10.0 Å². The van der Waals surface area contributed by atoms with Crippen LogP contribution in [-0.4, -0.2) is 14.1 Å². The number of quaternary nitrogens is 1. The minimum Gasteiger partial charge on any atom is -0.175 e. The van der Waals surface area contributed by atoms with E-state index in [1.165, 1.54) is 29.8 Å². The monoisotopic (exact) mass is 177 g/mol. The molecule has 1 aromatic carbocycles. The van der Waals surface area contributed by atoms with Gasteiger partial charge in [-0.25, -0.2) is 0 Å². The second-order valence-corrected chi connectivity index (χ2v) is 3.80. The summed E-state index contributed by atoms with van der Waals surface area (Å²) in [5, 5.41) is 0. The van der Waals surface area contributed by atoms with Crippen molar-refractivity contribution in [3.8, 4) is 0 Å². The Balaban J connectivity index is 2.25. The van der Waals surface area contributed by atoms with Gasteiger partial charge in [-0.3, -0.25) is 0 Å². The third-order valence-electron chi connectivity index (χ3n) is 2.94. The lowest BCUT2D eigenvalue weighted by molar-refractivity contribution is 0.449. The van der Waals surface area contributed by atoms with Gasteiger partial charge in [0.2, 0.25) is 11.4 Å². The lowest BCUT2D eigenvalue weighted by Gasteiger charge is -2.07. The molecule has 1 unspecified atom stereocenters. The van der Waals surface area contributed by atoms with Gasteiger partial charge in [-0.15, -0.1) is 0 Å². The average Bonchev–Trinajstić information content (AvgIpc) is 2.74. The highest BCUT2D eigenvalue weighted by Gasteiger charge is 2.49. The van der Waals surface area contributed by atoms with E-state index in [9.17, 15) is 0 Å². The van der Waals surface area contributed by atoms with Crippen LogP contribution in [0.25, 0.3) is 0 Å². The van der Waals surface area contributed by atoms with Crippen molar-refractivity contribution >= 4 is 11.4 Å². The van der Waals surface area contributed by atoms with Crippen molar-refractivity contribution < 1.29 is 0 Å². The Morgan fingerprint density at radius 2 is 2.08 bits per heavy atom. The first-order chi connectivity index (χ1) is 6.22. The van der Waals surface area contributed by atoms with Crippen molar-refractivity contribution in [2.24, 2.45) is 0 Å². The molecule has 0 aromatic heterocycles. The summed E-state index contributed by atoms with van der Waals surface area (Å²) in [4.78, 5) is 0. The predicted molar refractivity (Wildman–Crippen MR) is 56.9 cm³/mol. The average molecular weight is 177 g/mol. The maximum absolute atomic E-state index is 3.29. The van der Waals surface area contributed by atoms with Crippen LogP contribution < -0.4 is 10.0 Å². The summed E-state index contributed by atoms with van der Waals surface area (Å²) >= 11 is 0. The van der Waals surface area contributed by atoms with Gasteiger partial charge in [-0.05, 0) is 12.0 Å². The van der Waals surface area contributed by atoms with E-state index in [4.69, 9.17) is 0 Å². The van der Waals surface area contributed by atoms with E-state index < -0.39 is 0 Å².